The molecule has 0 amide bonds. The molecule has 1 unspecified atom stereocenters. The van der Waals surface area contributed by atoms with Gasteiger partial charge in [0.2, 0.25) is 0 Å². The second-order valence-corrected chi connectivity index (χ2v) is 4.06. The first-order valence-electron chi connectivity index (χ1n) is 4.95. The molecule has 0 aromatic heterocycles. The smallest absolute Gasteiger partial charge is 0.135 e. The van der Waals surface area contributed by atoms with Gasteiger partial charge in [-0.1, -0.05) is 26.0 Å². The van der Waals surface area contributed by atoms with Crippen molar-refractivity contribution in [3.63, 3.8) is 0 Å². The first kappa shape index (κ1) is 11.0. The fraction of sp³-hybridized carbons (Fsp3) is 0.500. The van der Waals surface area contributed by atoms with E-state index in [1.165, 1.54) is 0 Å². The monoisotopic (exact) mass is 195 g/mol. The Balaban J connectivity index is 3.06. The Labute approximate surface area is 85.3 Å². The lowest BCUT2D eigenvalue weighted by atomic mass is 9.87. The Kier molecular flexibility index (Phi) is 3.14. The van der Waals surface area contributed by atoms with Gasteiger partial charge >= 0.3 is 0 Å². The van der Waals surface area contributed by atoms with Crippen LogP contribution in [0.3, 0.4) is 0 Å². The maximum absolute atomic E-state index is 14.2. The lowest BCUT2D eigenvalue weighted by molar-refractivity contribution is 0.123. The molecule has 0 spiro atoms. The minimum absolute atomic E-state index is 0.0189. The zero-order valence-electron chi connectivity index (χ0n) is 9.26. The summed E-state index contributed by atoms with van der Waals surface area (Å²) in [5, 5.41) is 3.01. The number of hydrogen-bond acceptors (Lipinski definition) is 1. The third-order valence-electron chi connectivity index (χ3n) is 2.80. The van der Waals surface area contributed by atoms with Crippen LogP contribution < -0.4 is 5.32 Å². The van der Waals surface area contributed by atoms with Crippen LogP contribution in [0, 0.1) is 5.92 Å². The molecular weight excluding hydrogens is 177 g/mol. The molecule has 0 radical (unpaired) electrons. The summed E-state index contributed by atoms with van der Waals surface area (Å²) in [5.41, 5.74) is 0.429. The highest BCUT2D eigenvalue weighted by Gasteiger charge is 2.29. The van der Waals surface area contributed by atoms with Gasteiger partial charge in [-0.15, -0.1) is 0 Å². The van der Waals surface area contributed by atoms with E-state index in [2.05, 4.69) is 5.32 Å². The third-order valence-corrected chi connectivity index (χ3v) is 2.80. The van der Waals surface area contributed by atoms with Gasteiger partial charge in [0.1, 0.15) is 5.67 Å². The maximum atomic E-state index is 14.2. The molecule has 0 heterocycles. The van der Waals surface area contributed by atoms with Crippen molar-refractivity contribution in [2.45, 2.75) is 26.4 Å². The molecule has 0 saturated heterocycles. The van der Waals surface area contributed by atoms with Crippen molar-refractivity contribution in [1.29, 1.82) is 0 Å². The number of anilines is 1. The van der Waals surface area contributed by atoms with Crippen molar-refractivity contribution < 1.29 is 4.39 Å². The zero-order valence-corrected chi connectivity index (χ0v) is 9.26. The van der Waals surface area contributed by atoms with E-state index in [4.69, 9.17) is 0 Å². The predicted molar refractivity (Wildman–Crippen MR) is 59.3 cm³/mol. The van der Waals surface area contributed by atoms with Crippen LogP contribution in [-0.4, -0.2) is 7.05 Å². The molecule has 0 aliphatic carbocycles. The molecule has 0 bridgehead atoms. The van der Waals surface area contributed by atoms with E-state index in [0.717, 1.165) is 11.3 Å². The number of rotatable bonds is 3. The summed E-state index contributed by atoms with van der Waals surface area (Å²) in [6, 6.07) is 7.50. The minimum Gasteiger partial charge on any atom is -0.388 e. The third kappa shape index (κ3) is 2.06. The fourth-order valence-electron chi connectivity index (χ4n) is 1.31. The number of benzene rings is 1. The fourth-order valence-corrected chi connectivity index (χ4v) is 1.31. The minimum atomic E-state index is -1.26. The van der Waals surface area contributed by atoms with Crippen molar-refractivity contribution in [3.05, 3.63) is 29.8 Å². The highest BCUT2D eigenvalue weighted by atomic mass is 19.1. The van der Waals surface area contributed by atoms with Gasteiger partial charge in [0, 0.05) is 12.7 Å². The van der Waals surface area contributed by atoms with Gasteiger partial charge in [-0.2, -0.15) is 0 Å². The van der Waals surface area contributed by atoms with Crippen LogP contribution in [0.5, 0.6) is 0 Å². The second kappa shape index (κ2) is 3.99. The topological polar surface area (TPSA) is 12.0 Å². The van der Waals surface area contributed by atoms with Gasteiger partial charge in [0.15, 0.2) is 0 Å². The zero-order chi connectivity index (χ0) is 10.8. The molecule has 1 aromatic carbocycles. The van der Waals surface area contributed by atoms with Crippen LogP contribution in [0.2, 0.25) is 0 Å². The molecule has 1 N–H and O–H groups in total. The van der Waals surface area contributed by atoms with Gasteiger partial charge in [-0.05, 0) is 30.5 Å². The summed E-state index contributed by atoms with van der Waals surface area (Å²) in [6.07, 6.45) is 0. The van der Waals surface area contributed by atoms with Gasteiger partial charge in [0.25, 0.3) is 0 Å². The molecule has 14 heavy (non-hydrogen) atoms. The molecule has 1 rings (SSSR count). The van der Waals surface area contributed by atoms with Crippen LogP contribution in [0.1, 0.15) is 26.3 Å². The van der Waals surface area contributed by atoms with Crippen molar-refractivity contribution in [2.75, 3.05) is 12.4 Å². The quantitative estimate of drug-likeness (QED) is 0.777. The van der Waals surface area contributed by atoms with Gasteiger partial charge in [-0.25, -0.2) is 4.39 Å². The normalized spacial score (nSPS) is 15.3. The Morgan fingerprint density at radius 2 is 2.00 bits per heavy atom. The average Bonchev–Trinajstić information content (AvgIpc) is 2.17. The largest absolute Gasteiger partial charge is 0.388 e. The van der Waals surface area contributed by atoms with Crippen LogP contribution in [-0.2, 0) is 5.67 Å². The molecule has 0 aliphatic heterocycles. The summed E-state index contributed by atoms with van der Waals surface area (Å²) < 4.78 is 14.2. The number of halogens is 1. The molecular formula is C12H18FN. The molecule has 1 nitrogen and oxygen atoms in total. The highest BCUT2D eigenvalue weighted by Crippen LogP contribution is 2.34. The lowest BCUT2D eigenvalue weighted by Gasteiger charge is -2.25. The molecule has 2 heteroatoms. The van der Waals surface area contributed by atoms with E-state index in [0.29, 0.717) is 0 Å². The second-order valence-electron chi connectivity index (χ2n) is 4.06. The summed E-state index contributed by atoms with van der Waals surface area (Å²) >= 11 is 0. The number of nitrogens with one attached hydrogen (secondary N) is 1. The Morgan fingerprint density at radius 3 is 2.50 bits per heavy atom. The van der Waals surface area contributed by atoms with E-state index in [1.54, 1.807) is 6.92 Å². The van der Waals surface area contributed by atoms with E-state index in [9.17, 15) is 4.39 Å². The molecule has 0 fully saturated rings. The Bertz CT molecular complexity index is 305. The van der Waals surface area contributed by atoms with Crippen molar-refractivity contribution >= 4 is 5.69 Å². The number of hydrogen-bond donors (Lipinski definition) is 1. The summed E-state index contributed by atoms with van der Waals surface area (Å²) in [7, 11) is 1.84. The molecule has 0 aliphatic rings. The summed E-state index contributed by atoms with van der Waals surface area (Å²) in [5.74, 6) is -0.0189. The van der Waals surface area contributed by atoms with Crippen molar-refractivity contribution in [3.8, 4) is 0 Å². The standard InChI is InChI=1S/C12H18FN/c1-9(2)12(3,13)10-6-5-7-11(8-10)14-4/h5-9,14H,1-4H3. The molecule has 1 aromatic rings. The number of alkyl halides is 1. The highest BCUT2D eigenvalue weighted by molar-refractivity contribution is 5.46. The first-order chi connectivity index (χ1) is 6.48. The molecule has 0 saturated carbocycles. The van der Waals surface area contributed by atoms with Gasteiger partial charge in [0.05, 0.1) is 0 Å². The first-order valence-corrected chi connectivity index (χ1v) is 4.95. The summed E-state index contributed by atoms with van der Waals surface area (Å²) in [4.78, 5) is 0. The van der Waals surface area contributed by atoms with Crippen LogP contribution in [0.15, 0.2) is 24.3 Å². The molecule has 1 atom stereocenters. The van der Waals surface area contributed by atoms with Crippen LogP contribution in [0.4, 0.5) is 10.1 Å². The predicted octanol–water partition coefficient (Wildman–Crippen LogP) is 3.57. The average molecular weight is 195 g/mol. The Morgan fingerprint density at radius 1 is 1.36 bits per heavy atom. The van der Waals surface area contributed by atoms with Crippen molar-refractivity contribution in [2.24, 2.45) is 5.92 Å². The van der Waals surface area contributed by atoms with E-state index >= 15 is 0 Å². The van der Waals surface area contributed by atoms with Crippen molar-refractivity contribution in [1.82, 2.24) is 0 Å². The van der Waals surface area contributed by atoms with E-state index < -0.39 is 5.67 Å². The van der Waals surface area contributed by atoms with Gasteiger partial charge in [-0.3, -0.25) is 0 Å². The van der Waals surface area contributed by atoms with Gasteiger partial charge < -0.3 is 5.32 Å². The van der Waals surface area contributed by atoms with Crippen LogP contribution >= 0.6 is 0 Å². The Hall–Kier alpha value is -1.05. The summed E-state index contributed by atoms with van der Waals surface area (Å²) in [6.45, 7) is 5.42. The van der Waals surface area contributed by atoms with E-state index in [-0.39, 0.29) is 5.92 Å². The molecule has 78 valence electrons. The maximum Gasteiger partial charge on any atom is 0.135 e. The van der Waals surface area contributed by atoms with Crippen LogP contribution in [0.25, 0.3) is 0 Å². The lowest BCUT2D eigenvalue weighted by Crippen LogP contribution is -2.22. The van der Waals surface area contributed by atoms with E-state index in [1.807, 2.05) is 45.2 Å². The SMILES string of the molecule is CNc1cccc(C(C)(F)C(C)C)c1.